The van der Waals surface area contributed by atoms with Crippen LogP contribution in [0, 0.1) is 22.7 Å². The van der Waals surface area contributed by atoms with Gasteiger partial charge in [0, 0.05) is 5.57 Å². The predicted molar refractivity (Wildman–Crippen MR) is 129 cm³/mol. The van der Waals surface area contributed by atoms with E-state index in [4.69, 9.17) is 5.73 Å². The van der Waals surface area contributed by atoms with Gasteiger partial charge in [-0.2, -0.15) is 4.98 Å². The summed E-state index contributed by atoms with van der Waals surface area (Å²) in [5.41, 5.74) is 11.0. The average Bonchev–Trinajstić information content (AvgIpc) is 3.24. The molecular formula is C26H38N5O2+. The van der Waals surface area contributed by atoms with Crippen LogP contribution in [0.3, 0.4) is 0 Å². The molecule has 2 aliphatic rings. The number of anilines is 1. The predicted octanol–water partition coefficient (Wildman–Crippen LogP) is 4.43. The van der Waals surface area contributed by atoms with Gasteiger partial charge in [0.25, 0.3) is 0 Å². The monoisotopic (exact) mass is 452 g/mol. The molecule has 1 saturated carbocycles. The van der Waals surface area contributed by atoms with Crippen molar-refractivity contribution in [1.29, 1.82) is 0 Å². The quantitative estimate of drug-likeness (QED) is 0.499. The highest BCUT2D eigenvalue weighted by Crippen LogP contribution is 2.64. The molecule has 1 fully saturated rings. The Morgan fingerprint density at radius 2 is 2.12 bits per heavy atom. The zero-order valence-electron chi connectivity index (χ0n) is 20.9. The van der Waals surface area contributed by atoms with Crippen molar-refractivity contribution < 1.29 is 14.5 Å². The number of imidazole rings is 1. The van der Waals surface area contributed by atoms with E-state index in [1.807, 2.05) is 17.9 Å². The van der Waals surface area contributed by atoms with Crippen LogP contribution < -0.4 is 10.3 Å². The Bertz CT molecular complexity index is 1160. The van der Waals surface area contributed by atoms with Crippen LogP contribution in [-0.4, -0.2) is 25.6 Å². The minimum Gasteiger partial charge on any atom is -0.478 e. The maximum absolute atomic E-state index is 11.9. The third-order valence-corrected chi connectivity index (χ3v) is 9.22. The average molecular weight is 453 g/mol. The number of aliphatic carboxylic acids is 1. The Balaban J connectivity index is 1.51. The molecule has 2 aromatic heterocycles. The summed E-state index contributed by atoms with van der Waals surface area (Å²) < 4.78 is 4.07. The number of carboxylic acid groups (broad SMARTS) is 1. The number of aromatic nitrogens is 4. The number of hydrogen-bond acceptors (Lipinski definition) is 4. The standard InChI is InChI=1S/C26H37N5O2/c1-16(9-12-31-15-30(6)23-21(31)22(27)28-14-29-23)7-10-25(4)17(2)8-11-26(5)18(3)19(24(32)33)13-20(25)26/h9,14-15,17,20H,7-8,10-13H2,1-6H3,(H2-,27,28,29,32,33)/p+1/b16-9+/t17-,20-,25+,26+/m1/s1. The Morgan fingerprint density at radius 1 is 1.39 bits per heavy atom. The number of rotatable bonds is 6. The van der Waals surface area contributed by atoms with Gasteiger partial charge in [0.1, 0.15) is 0 Å². The zero-order valence-corrected chi connectivity index (χ0v) is 20.9. The molecule has 0 spiro atoms. The molecule has 0 aromatic carbocycles. The molecule has 178 valence electrons. The number of fused-ring (bicyclic) bond motifs is 2. The Hall–Kier alpha value is -2.70. The van der Waals surface area contributed by atoms with Crippen LogP contribution in [0.5, 0.6) is 0 Å². The van der Waals surface area contributed by atoms with Crippen molar-refractivity contribution in [1.82, 2.24) is 14.5 Å². The molecule has 0 amide bonds. The van der Waals surface area contributed by atoms with E-state index < -0.39 is 5.97 Å². The van der Waals surface area contributed by atoms with E-state index in [0.29, 0.717) is 29.6 Å². The number of hydrogen-bond donors (Lipinski definition) is 2. The summed E-state index contributed by atoms with van der Waals surface area (Å²) in [6, 6.07) is 0. The van der Waals surface area contributed by atoms with Gasteiger partial charge in [-0.25, -0.2) is 9.36 Å². The number of aryl methyl sites for hydroxylation is 1. The molecule has 2 aliphatic carbocycles. The van der Waals surface area contributed by atoms with Crippen LogP contribution in [0.2, 0.25) is 0 Å². The van der Waals surface area contributed by atoms with E-state index in [-0.39, 0.29) is 10.8 Å². The van der Waals surface area contributed by atoms with Crippen LogP contribution >= 0.6 is 0 Å². The molecule has 33 heavy (non-hydrogen) atoms. The first-order valence-corrected chi connectivity index (χ1v) is 12.0. The van der Waals surface area contributed by atoms with Gasteiger partial charge in [0.2, 0.25) is 5.52 Å². The summed E-state index contributed by atoms with van der Waals surface area (Å²) in [5.74, 6) is 0.725. The third-order valence-electron chi connectivity index (χ3n) is 9.22. The fourth-order valence-electron chi connectivity index (χ4n) is 6.57. The van der Waals surface area contributed by atoms with Gasteiger partial charge >= 0.3 is 11.6 Å². The lowest BCUT2D eigenvalue weighted by Crippen LogP contribution is -2.46. The van der Waals surface area contributed by atoms with Crippen molar-refractivity contribution in [3.63, 3.8) is 0 Å². The van der Waals surface area contributed by atoms with Crippen LogP contribution in [0.4, 0.5) is 5.82 Å². The highest BCUT2D eigenvalue weighted by molar-refractivity contribution is 5.88. The molecule has 7 nitrogen and oxygen atoms in total. The largest absolute Gasteiger partial charge is 0.478 e. The van der Waals surface area contributed by atoms with E-state index in [9.17, 15) is 9.90 Å². The number of carboxylic acids is 1. The van der Waals surface area contributed by atoms with Crippen LogP contribution in [0.1, 0.15) is 66.7 Å². The van der Waals surface area contributed by atoms with Gasteiger partial charge in [0.15, 0.2) is 18.5 Å². The lowest BCUT2D eigenvalue weighted by molar-refractivity contribution is -0.647. The van der Waals surface area contributed by atoms with Gasteiger partial charge < -0.3 is 10.8 Å². The first kappa shape index (κ1) is 23.5. The number of carbonyl (C=O) groups is 1. The van der Waals surface area contributed by atoms with Crippen molar-refractivity contribution in [2.24, 2.45) is 29.7 Å². The lowest BCUT2D eigenvalue weighted by Gasteiger charge is -2.54. The maximum Gasteiger partial charge on any atom is 0.331 e. The molecule has 0 bridgehead atoms. The number of nitrogens with two attached hydrogens (primary N) is 1. The molecule has 2 aromatic rings. The smallest absolute Gasteiger partial charge is 0.331 e. The summed E-state index contributed by atoms with van der Waals surface area (Å²) >= 11 is 0. The number of nitrogens with zero attached hydrogens (tertiary/aromatic N) is 4. The van der Waals surface area contributed by atoms with E-state index >= 15 is 0 Å². The molecule has 2 heterocycles. The van der Waals surface area contributed by atoms with E-state index in [2.05, 4.69) is 55.2 Å². The van der Waals surface area contributed by atoms with Crippen LogP contribution in [-0.2, 0) is 18.4 Å². The summed E-state index contributed by atoms with van der Waals surface area (Å²) in [5, 5.41) is 9.79. The van der Waals surface area contributed by atoms with Gasteiger partial charge in [-0.05, 0) is 68.6 Å². The van der Waals surface area contributed by atoms with Crippen LogP contribution in [0.15, 0.2) is 35.4 Å². The molecule has 3 N–H and O–H groups in total. The first-order valence-electron chi connectivity index (χ1n) is 12.0. The van der Waals surface area contributed by atoms with E-state index in [1.54, 1.807) is 0 Å². The van der Waals surface area contributed by atoms with Crippen molar-refractivity contribution in [2.45, 2.75) is 73.3 Å². The third kappa shape index (κ3) is 3.75. The summed E-state index contributed by atoms with van der Waals surface area (Å²) in [6.45, 7) is 12.0. The fourth-order valence-corrected chi connectivity index (χ4v) is 6.57. The van der Waals surface area contributed by atoms with E-state index in [1.165, 1.54) is 11.9 Å². The summed E-state index contributed by atoms with van der Waals surface area (Å²) in [4.78, 5) is 20.4. The summed E-state index contributed by atoms with van der Waals surface area (Å²) in [6.07, 6.45) is 10.8. The normalized spacial score (nSPS) is 30.2. The maximum atomic E-state index is 11.9. The highest BCUT2D eigenvalue weighted by atomic mass is 16.4. The molecular weight excluding hydrogens is 414 g/mol. The summed E-state index contributed by atoms with van der Waals surface area (Å²) in [7, 11) is 1.97. The number of allylic oxidation sites excluding steroid dienone is 3. The van der Waals surface area contributed by atoms with Crippen molar-refractivity contribution in [3.05, 3.63) is 35.4 Å². The molecule has 7 heteroatoms. The zero-order chi connectivity index (χ0) is 24.1. The first-order chi connectivity index (χ1) is 15.5. The minimum absolute atomic E-state index is 0.00291. The second-order valence-corrected chi connectivity index (χ2v) is 10.9. The Morgan fingerprint density at radius 3 is 2.82 bits per heavy atom. The molecule has 0 radical (unpaired) electrons. The molecule has 0 unspecified atom stereocenters. The molecule has 4 atom stereocenters. The molecule has 0 saturated heterocycles. The van der Waals surface area contributed by atoms with Crippen molar-refractivity contribution >= 4 is 23.0 Å². The fraction of sp³-hybridized carbons (Fsp3) is 0.615. The SMILES string of the molecule is CC1=C(C(=O)O)C[C@@H]2[C@@](C)(CC/C(C)=C/Cn3c[n+](C)c4ncnc(N)c43)[C@H](C)CC[C@@]12C. The second kappa shape index (κ2) is 8.26. The van der Waals surface area contributed by atoms with Gasteiger partial charge in [-0.1, -0.05) is 43.0 Å². The van der Waals surface area contributed by atoms with Crippen molar-refractivity contribution in [2.75, 3.05) is 5.73 Å². The van der Waals surface area contributed by atoms with Crippen molar-refractivity contribution in [3.8, 4) is 0 Å². The minimum atomic E-state index is -0.732. The Labute approximate surface area is 196 Å². The highest BCUT2D eigenvalue weighted by Gasteiger charge is 2.56. The van der Waals surface area contributed by atoms with Gasteiger partial charge in [-0.3, -0.25) is 4.57 Å². The van der Waals surface area contributed by atoms with Crippen LogP contribution in [0.25, 0.3) is 11.2 Å². The number of nitrogen functional groups attached to an aromatic ring is 1. The lowest BCUT2D eigenvalue weighted by atomic mass is 9.50. The Kier molecular flexibility index (Phi) is 5.87. The topological polar surface area (TPSA) is 97.9 Å². The van der Waals surface area contributed by atoms with Gasteiger partial charge in [0.05, 0.1) is 13.6 Å². The van der Waals surface area contributed by atoms with Gasteiger partial charge in [-0.15, -0.1) is 0 Å². The second-order valence-electron chi connectivity index (χ2n) is 10.9. The molecule has 4 rings (SSSR count). The van der Waals surface area contributed by atoms with E-state index in [0.717, 1.165) is 49.0 Å². The molecule has 0 aliphatic heterocycles.